The number of carboxylic acids is 1. The average Bonchev–Trinajstić information content (AvgIpc) is 3.45. The Bertz CT molecular complexity index is 1710. The van der Waals surface area contributed by atoms with E-state index in [0.717, 1.165) is 49.4 Å². The van der Waals surface area contributed by atoms with Crippen molar-refractivity contribution >= 4 is 5.97 Å². The predicted octanol–water partition coefficient (Wildman–Crippen LogP) is 6.54. The van der Waals surface area contributed by atoms with Crippen molar-refractivity contribution in [1.29, 1.82) is 0 Å². The van der Waals surface area contributed by atoms with Gasteiger partial charge in [0.05, 0.1) is 24.1 Å². The molecule has 9 heteroatoms. The second kappa shape index (κ2) is 12.7. The van der Waals surface area contributed by atoms with E-state index in [4.69, 9.17) is 19.2 Å². The molecule has 2 aliphatic rings. The van der Waals surface area contributed by atoms with Crippen LogP contribution in [-0.2, 0) is 24.3 Å². The molecular formula is C36H42N4O5. The molecule has 45 heavy (non-hydrogen) atoms. The SMILES string of the molecule is CCOc1c(C(=O)O)cnn1-c1cccc(-c2cccc(C)c2OCc2ccc3c(c2C)CCN(C2CCCOC2(C)C)C3)n1. The molecule has 2 aromatic carbocycles. The van der Waals surface area contributed by atoms with Gasteiger partial charge in [-0.05, 0) is 99.9 Å². The average molecular weight is 611 g/mol. The van der Waals surface area contributed by atoms with Crippen LogP contribution in [-0.4, -0.2) is 62.1 Å². The molecule has 236 valence electrons. The van der Waals surface area contributed by atoms with Crippen molar-refractivity contribution in [2.24, 2.45) is 0 Å². The number of benzene rings is 2. The van der Waals surface area contributed by atoms with Crippen molar-refractivity contribution < 1.29 is 24.1 Å². The monoisotopic (exact) mass is 610 g/mol. The van der Waals surface area contributed by atoms with Crippen LogP contribution in [0.4, 0.5) is 0 Å². The molecule has 0 saturated carbocycles. The number of rotatable bonds is 9. The molecule has 1 unspecified atom stereocenters. The van der Waals surface area contributed by atoms with Gasteiger partial charge in [0, 0.05) is 31.3 Å². The van der Waals surface area contributed by atoms with E-state index < -0.39 is 5.97 Å². The van der Waals surface area contributed by atoms with Gasteiger partial charge in [-0.3, -0.25) is 4.90 Å². The lowest BCUT2D eigenvalue weighted by atomic mass is 9.86. The quantitative estimate of drug-likeness (QED) is 0.228. The van der Waals surface area contributed by atoms with Gasteiger partial charge < -0.3 is 19.3 Å². The summed E-state index contributed by atoms with van der Waals surface area (Å²) in [6, 6.07) is 16.5. The van der Waals surface area contributed by atoms with Crippen molar-refractivity contribution in [3.05, 3.63) is 88.1 Å². The van der Waals surface area contributed by atoms with Crippen LogP contribution in [0.1, 0.15) is 71.8 Å². The normalized spacial score (nSPS) is 17.9. The Kier molecular flexibility index (Phi) is 8.66. The molecule has 1 N–H and O–H groups in total. The lowest BCUT2D eigenvalue weighted by Gasteiger charge is -2.46. The summed E-state index contributed by atoms with van der Waals surface area (Å²) in [5.74, 6) is 0.269. The fraction of sp³-hybridized carbons (Fsp3) is 0.417. The van der Waals surface area contributed by atoms with E-state index in [1.807, 2.05) is 37.3 Å². The van der Waals surface area contributed by atoms with Gasteiger partial charge in [0.25, 0.3) is 0 Å². The third kappa shape index (κ3) is 6.07. The number of para-hydroxylation sites is 1. The smallest absolute Gasteiger partial charge is 0.342 e. The molecule has 4 aromatic rings. The standard InChI is InChI=1S/C36H42N4O5/c1-6-43-34-29(35(41)42)20-37-40(34)32-14-8-12-30(38-32)28-11-7-10-23(2)33(28)44-22-26-16-15-25-21-39(18-17-27(25)24(26)3)31-13-9-19-45-36(31,4)5/h7-8,10-12,14-16,20,31H,6,9,13,17-19,21-22H2,1-5H3,(H,41,42). The van der Waals surface area contributed by atoms with E-state index in [1.54, 1.807) is 13.0 Å². The first-order chi connectivity index (χ1) is 21.7. The van der Waals surface area contributed by atoms with Crippen molar-refractivity contribution in [3.8, 4) is 28.7 Å². The summed E-state index contributed by atoms with van der Waals surface area (Å²) in [5.41, 5.74) is 7.74. The maximum absolute atomic E-state index is 11.7. The van der Waals surface area contributed by atoms with Gasteiger partial charge in [-0.15, -0.1) is 0 Å². The number of aromatic nitrogens is 3. The number of carboxylic acid groups (broad SMARTS) is 1. The van der Waals surface area contributed by atoms with Gasteiger partial charge in [0.15, 0.2) is 5.82 Å². The molecule has 0 aliphatic carbocycles. The topological polar surface area (TPSA) is 98.9 Å². The lowest BCUT2D eigenvalue weighted by Crippen LogP contribution is -2.54. The second-order valence-corrected chi connectivity index (χ2v) is 12.5. The molecule has 1 atom stereocenters. The molecule has 0 bridgehead atoms. The first kappa shape index (κ1) is 30.8. The van der Waals surface area contributed by atoms with E-state index in [0.29, 0.717) is 30.8 Å². The zero-order valence-electron chi connectivity index (χ0n) is 26.8. The number of ether oxygens (including phenoxy) is 3. The number of fused-ring (bicyclic) bond motifs is 1. The van der Waals surface area contributed by atoms with E-state index in [2.05, 4.69) is 42.9 Å². The van der Waals surface area contributed by atoms with E-state index >= 15 is 0 Å². The third-order valence-electron chi connectivity index (χ3n) is 9.22. The molecule has 2 aliphatic heterocycles. The summed E-state index contributed by atoms with van der Waals surface area (Å²) in [4.78, 5) is 19.2. The molecule has 4 heterocycles. The van der Waals surface area contributed by atoms with E-state index in [9.17, 15) is 9.90 Å². The van der Waals surface area contributed by atoms with Gasteiger partial charge in [-0.2, -0.15) is 9.78 Å². The number of hydrogen-bond donors (Lipinski definition) is 1. The minimum absolute atomic E-state index is 0.0106. The van der Waals surface area contributed by atoms with Crippen LogP contribution in [0, 0.1) is 13.8 Å². The molecule has 1 fully saturated rings. The van der Waals surface area contributed by atoms with Crippen molar-refractivity contribution in [2.75, 3.05) is 19.8 Å². The Hall–Kier alpha value is -4.21. The Morgan fingerprint density at radius 1 is 1.11 bits per heavy atom. The van der Waals surface area contributed by atoms with Gasteiger partial charge in [0.2, 0.25) is 5.88 Å². The summed E-state index contributed by atoms with van der Waals surface area (Å²) in [7, 11) is 0. The minimum Gasteiger partial charge on any atom is -0.488 e. The number of carbonyl (C=O) groups is 1. The minimum atomic E-state index is -1.10. The van der Waals surface area contributed by atoms with Crippen LogP contribution >= 0.6 is 0 Å². The highest BCUT2D eigenvalue weighted by atomic mass is 16.5. The van der Waals surface area contributed by atoms with Gasteiger partial charge in [-0.1, -0.05) is 30.3 Å². The summed E-state index contributed by atoms with van der Waals surface area (Å²) in [5, 5.41) is 13.9. The second-order valence-electron chi connectivity index (χ2n) is 12.5. The molecule has 0 radical (unpaired) electrons. The largest absolute Gasteiger partial charge is 0.488 e. The highest BCUT2D eigenvalue weighted by Crippen LogP contribution is 2.36. The van der Waals surface area contributed by atoms with Crippen LogP contribution in [0.3, 0.4) is 0 Å². The van der Waals surface area contributed by atoms with Gasteiger partial charge >= 0.3 is 5.97 Å². The van der Waals surface area contributed by atoms with Crippen molar-refractivity contribution in [3.63, 3.8) is 0 Å². The molecule has 0 spiro atoms. The summed E-state index contributed by atoms with van der Waals surface area (Å²) < 4.78 is 19.8. The number of aryl methyl sites for hydroxylation is 1. The fourth-order valence-electron chi connectivity index (χ4n) is 6.82. The molecular weight excluding hydrogens is 568 g/mol. The Morgan fingerprint density at radius 2 is 1.93 bits per heavy atom. The number of pyridine rings is 1. The number of nitrogens with zero attached hydrogens (tertiary/aromatic N) is 4. The highest BCUT2D eigenvalue weighted by molar-refractivity contribution is 5.90. The number of aromatic carboxylic acids is 1. The molecule has 0 amide bonds. The maximum atomic E-state index is 11.7. The zero-order valence-corrected chi connectivity index (χ0v) is 26.8. The third-order valence-corrected chi connectivity index (χ3v) is 9.22. The number of hydrogen-bond acceptors (Lipinski definition) is 7. The Morgan fingerprint density at radius 3 is 2.71 bits per heavy atom. The van der Waals surface area contributed by atoms with Crippen LogP contribution < -0.4 is 9.47 Å². The first-order valence-electron chi connectivity index (χ1n) is 15.8. The van der Waals surface area contributed by atoms with Crippen molar-refractivity contribution in [1.82, 2.24) is 19.7 Å². The molecule has 9 nitrogen and oxygen atoms in total. The lowest BCUT2D eigenvalue weighted by molar-refractivity contribution is -0.113. The Balaban J connectivity index is 1.24. The molecule has 1 saturated heterocycles. The summed E-state index contributed by atoms with van der Waals surface area (Å²) >= 11 is 0. The first-order valence-corrected chi connectivity index (χ1v) is 15.8. The summed E-state index contributed by atoms with van der Waals surface area (Å²) in [6.07, 6.45) is 4.61. The van der Waals surface area contributed by atoms with Crippen LogP contribution in [0.2, 0.25) is 0 Å². The highest BCUT2D eigenvalue weighted by Gasteiger charge is 2.38. The van der Waals surface area contributed by atoms with Crippen LogP contribution in [0.25, 0.3) is 17.1 Å². The Labute approximate surface area is 264 Å². The molecule has 6 rings (SSSR count). The van der Waals surface area contributed by atoms with Gasteiger partial charge in [0.1, 0.15) is 17.9 Å². The fourth-order valence-corrected chi connectivity index (χ4v) is 6.82. The van der Waals surface area contributed by atoms with E-state index in [1.165, 1.54) is 39.6 Å². The van der Waals surface area contributed by atoms with Gasteiger partial charge in [-0.25, -0.2) is 9.78 Å². The van der Waals surface area contributed by atoms with E-state index in [-0.39, 0.29) is 17.0 Å². The summed E-state index contributed by atoms with van der Waals surface area (Å²) in [6.45, 7) is 14.1. The van der Waals surface area contributed by atoms with Crippen LogP contribution in [0.5, 0.6) is 11.6 Å². The molecule has 2 aromatic heterocycles. The zero-order chi connectivity index (χ0) is 31.7. The van der Waals surface area contributed by atoms with Crippen LogP contribution in [0.15, 0.2) is 54.7 Å². The van der Waals surface area contributed by atoms with Crippen molar-refractivity contribution in [2.45, 2.75) is 78.7 Å². The predicted molar refractivity (Wildman–Crippen MR) is 172 cm³/mol. The maximum Gasteiger partial charge on any atom is 0.342 e.